The highest BCUT2D eigenvalue weighted by molar-refractivity contribution is 6.05. The lowest BCUT2D eigenvalue weighted by Gasteiger charge is -2.19. The standard InChI is InChI=1S/C11H12N2O/c1-2-7-11(12)8-5-3-4-6-9(8)13-10(11)14/h2-6H,1,7,12H2,(H,13,14)/t11-/m1/s1. The molecule has 3 nitrogen and oxygen atoms in total. The van der Waals surface area contributed by atoms with Crippen LogP contribution in [0.3, 0.4) is 0 Å². The van der Waals surface area contributed by atoms with Gasteiger partial charge in [-0.3, -0.25) is 4.79 Å². The molecule has 3 heteroatoms. The molecule has 3 N–H and O–H groups in total. The van der Waals surface area contributed by atoms with Crippen LogP contribution in [-0.2, 0) is 10.3 Å². The van der Waals surface area contributed by atoms with Gasteiger partial charge in [0.15, 0.2) is 0 Å². The fourth-order valence-electron chi connectivity index (χ4n) is 1.77. The topological polar surface area (TPSA) is 55.1 Å². The molecule has 1 aliphatic rings. The van der Waals surface area contributed by atoms with E-state index >= 15 is 0 Å². The van der Waals surface area contributed by atoms with Gasteiger partial charge in [0.05, 0.1) is 0 Å². The van der Waals surface area contributed by atoms with Crippen molar-refractivity contribution in [1.82, 2.24) is 0 Å². The van der Waals surface area contributed by atoms with Crippen molar-refractivity contribution in [1.29, 1.82) is 0 Å². The van der Waals surface area contributed by atoms with Crippen molar-refractivity contribution in [2.24, 2.45) is 5.73 Å². The first kappa shape index (κ1) is 8.97. The van der Waals surface area contributed by atoms with Gasteiger partial charge in [-0.2, -0.15) is 0 Å². The molecule has 0 bridgehead atoms. The van der Waals surface area contributed by atoms with Crippen LogP contribution in [0.4, 0.5) is 5.69 Å². The minimum Gasteiger partial charge on any atom is -0.324 e. The number of nitrogens with two attached hydrogens (primary N) is 1. The first-order chi connectivity index (χ1) is 6.68. The van der Waals surface area contributed by atoms with Crippen LogP contribution >= 0.6 is 0 Å². The number of nitrogens with one attached hydrogen (secondary N) is 1. The van der Waals surface area contributed by atoms with Crippen LogP contribution in [0.2, 0.25) is 0 Å². The molecule has 1 heterocycles. The van der Waals surface area contributed by atoms with Crippen molar-refractivity contribution in [3.8, 4) is 0 Å². The van der Waals surface area contributed by atoms with Crippen LogP contribution in [0.15, 0.2) is 36.9 Å². The Morgan fingerprint density at radius 1 is 1.50 bits per heavy atom. The van der Waals surface area contributed by atoms with Gasteiger partial charge in [0.1, 0.15) is 5.54 Å². The molecule has 1 atom stereocenters. The normalized spacial score (nSPS) is 24.2. The second-order valence-electron chi connectivity index (χ2n) is 3.46. The molecule has 0 radical (unpaired) electrons. The minimum atomic E-state index is -0.932. The van der Waals surface area contributed by atoms with Crippen LogP contribution in [0.5, 0.6) is 0 Å². The maximum atomic E-state index is 11.7. The van der Waals surface area contributed by atoms with Crippen LogP contribution in [0.1, 0.15) is 12.0 Å². The first-order valence-corrected chi connectivity index (χ1v) is 4.49. The highest BCUT2D eigenvalue weighted by atomic mass is 16.2. The van der Waals surface area contributed by atoms with Gasteiger partial charge in [-0.15, -0.1) is 6.58 Å². The zero-order valence-electron chi connectivity index (χ0n) is 7.79. The first-order valence-electron chi connectivity index (χ1n) is 4.49. The molecular weight excluding hydrogens is 176 g/mol. The molecule has 2 rings (SSSR count). The van der Waals surface area contributed by atoms with Crippen LogP contribution in [0.25, 0.3) is 0 Å². The summed E-state index contributed by atoms with van der Waals surface area (Å²) in [7, 11) is 0. The molecule has 1 aromatic carbocycles. The molecule has 0 spiro atoms. The Morgan fingerprint density at radius 2 is 2.21 bits per heavy atom. The van der Waals surface area contributed by atoms with Crippen molar-refractivity contribution in [3.63, 3.8) is 0 Å². The Hall–Kier alpha value is -1.61. The summed E-state index contributed by atoms with van der Waals surface area (Å²) in [6.45, 7) is 3.62. The highest BCUT2D eigenvalue weighted by Crippen LogP contribution is 2.35. The fraction of sp³-hybridized carbons (Fsp3) is 0.182. The number of fused-ring (bicyclic) bond motifs is 1. The molecule has 0 saturated carbocycles. The van der Waals surface area contributed by atoms with E-state index in [1.165, 1.54) is 0 Å². The number of hydrogen-bond acceptors (Lipinski definition) is 2. The predicted octanol–water partition coefficient (Wildman–Crippen LogP) is 1.37. The number of carbonyl (C=O) groups excluding carboxylic acids is 1. The predicted molar refractivity (Wildman–Crippen MR) is 55.8 cm³/mol. The third-order valence-corrected chi connectivity index (χ3v) is 2.53. The van der Waals surface area contributed by atoms with E-state index in [1.807, 2.05) is 24.3 Å². The van der Waals surface area contributed by atoms with Crippen LogP contribution < -0.4 is 11.1 Å². The van der Waals surface area contributed by atoms with Crippen molar-refractivity contribution in [2.45, 2.75) is 12.0 Å². The minimum absolute atomic E-state index is 0.154. The summed E-state index contributed by atoms with van der Waals surface area (Å²) in [5.41, 5.74) is 6.77. The summed E-state index contributed by atoms with van der Waals surface area (Å²) in [6.07, 6.45) is 2.12. The van der Waals surface area contributed by atoms with E-state index in [0.29, 0.717) is 6.42 Å². The number of carbonyl (C=O) groups is 1. The summed E-state index contributed by atoms with van der Waals surface area (Å²) in [6, 6.07) is 7.48. The van der Waals surface area contributed by atoms with Crippen LogP contribution in [-0.4, -0.2) is 5.91 Å². The molecule has 14 heavy (non-hydrogen) atoms. The van der Waals surface area contributed by atoms with Gasteiger partial charge in [-0.05, 0) is 12.5 Å². The maximum Gasteiger partial charge on any atom is 0.249 e. The quantitative estimate of drug-likeness (QED) is 0.689. The van der Waals surface area contributed by atoms with Crippen molar-refractivity contribution >= 4 is 11.6 Å². The summed E-state index contributed by atoms with van der Waals surface area (Å²) >= 11 is 0. The molecule has 1 aliphatic heterocycles. The lowest BCUT2D eigenvalue weighted by Crippen LogP contribution is -2.42. The van der Waals surface area contributed by atoms with E-state index in [-0.39, 0.29) is 5.91 Å². The Labute approximate surface area is 82.6 Å². The summed E-state index contributed by atoms with van der Waals surface area (Å²) in [5, 5.41) is 2.76. The zero-order valence-corrected chi connectivity index (χ0v) is 7.79. The second kappa shape index (κ2) is 2.96. The van der Waals surface area contributed by atoms with Gasteiger partial charge in [0, 0.05) is 11.3 Å². The van der Waals surface area contributed by atoms with Crippen LogP contribution in [0, 0.1) is 0 Å². The molecule has 72 valence electrons. The molecule has 0 saturated heterocycles. The summed E-state index contributed by atoms with van der Waals surface area (Å²) in [5.74, 6) is -0.154. The van der Waals surface area contributed by atoms with Gasteiger partial charge in [-0.1, -0.05) is 24.3 Å². The largest absolute Gasteiger partial charge is 0.324 e. The number of benzene rings is 1. The molecule has 0 unspecified atom stereocenters. The SMILES string of the molecule is C=CC[C@]1(N)C(=O)Nc2ccccc21. The lowest BCUT2D eigenvalue weighted by molar-refractivity contribution is -0.120. The third kappa shape index (κ3) is 1.06. The van der Waals surface area contributed by atoms with E-state index in [0.717, 1.165) is 11.3 Å². The smallest absolute Gasteiger partial charge is 0.249 e. The van der Waals surface area contributed by atoms with E-state index in [9.17, 15) is 4.79 Å². The molecule has 1 amide bonds. The maximum absolute atomic E-state index is 11.7. The molecule has 0 aliphatic carbocycles. The second-order valence-corrected chi connectivity index (χ2v) is 3.46. The summed E-state index contributed by atoms with van der Waals surface area (Å²) < 4.78 is 0. The number of anilines is 1. The number of hydrogen-bond donors (Lipinski definition) is 2. The van der Waals surface area contributed by atoms with Gasteiger partial charge < -0.3 is 11.1 Å². The highest BCUT2D eigenvalue weighted by Gasteiger charge is 2.41. The van der Waals surface area contributed by atoms with Gasteiger partial charge >= 0.3 is 0 Å². The molecule has 0 aromatic heterocycles. The summed E-state index contributed by atoms with van der Waals surface area (Å²) in [4.78, 5) is 11.7. The fourth-order valence-corrected chi connectivity index (χ4v) is 1.77. The molecule has 0 fully saturated rings. The Kier molecular flexibility index (Phi) is 1.89. The Bertz CT molecular complexity index is 400. The Morgan fingerprint density at radius 3 is 2.93 bits per heavy atom. The monoisotopic (exact) mass is 188 g/mol. The zero-order chi connectivity index (χ0) is 10.2. The van der Waals surface area contributed by atoms with E-state index < -0.39 is 5.54 Å². The average Bonchev–Trinajstić information content (AvgIpc) is 2.41. The van der Waals surface area contributed by atoms with E-state index in [4.69, 9.17) is 5.73 Å². The van der Waals surface area contributed by atoms with Gasteiger partial charge in [0.2, 0.25) is 5.91 Å². The van der Waals surface area contributed by atoms with Crippen molar-refractivity contribution in [3.05, 3.63) is 42.5 Å². The number of amides is 1. The molecular formula is C11H12N2O. The van der Waals surface area contributed by atoms with Gasteiger partial charge in [-0.25, -0.2) is 0 Å². The van der Waals surface area contributed by atoms with E-state index in [1.54, 1.807) is 6.08 Å². The number of rotatable bonds is 2. The van der Waals surface area contributed by atoms with Gasteiger partial charge in [0.25, 0.3) is 0 Å². The lowest BCUT2D eigenvalue weighted by atomic mass is 9.89. The average molecular weight is 188 g/mol. The number of para-hydroxylation sites is 1. The van der Waals surface area contributed by atoms with Crippen molar-refractivity contribution < 1.29 is 4.79 Å². The Balaban J connectivity index is 2.53. The van der Waals surface area contributed by atoms with Crippen molar-refractivity contribution in [2.75, 3.05) is 5.32 Å². The third-order valence-electron chi connectivity index (χ3n) is 2.53. The van der Waals surface area contributed by atoms with E-state index in [2.05, 4.69) is 11.9 Å². The molecule has 1 aromatic rings.